The normalized spacial score (nSPS) is 16.2. The molecule has 1 aliphatic carbocycles. The number of nitrogens with one attached hydrogen (secondary N) is 1. The summed E-state index contributed by atoms with van der Waals surface area (Å²) in [6.07, 6.45) is 6.96. The summed E-state index contributed by atoms with van der Waals surface area (Å²) in [5, 5.41) is 3.86. The maximum Gasteiger partial charge on any atom is 0.243 e. The van der Waals surface area contributed by atoms with Crippen molar-refractivity contribution in [2.24, 2.45) is 0 Å². The van der Waals surface area contributed by atoms with Gasteiger partial charge in [0.2, 0.25) is 18.6 Å². The first-order chi connectivity index (χ1) is 16.5. The van der Waals surface area contributed by atoms with Gasteiger partial charge in [-0.05, 0) is 61.1 Å². The first kappa shape index (κ1) is 24.4. The van der Waals surface area contributed by atoms with Crippen LogP contribution in [0, 0.1) is 0 Å². The van der Waals surface area contributed by atoms with Gasteiger partial charge in [-0.15, -0.1) is 0 Å². The average Bonchev–Trinajstić information content (AvgIpc) is 3.32. The molecule has 1 atom stereocenters. The van der Waals surface area contributed by atoms with Gasteiger partial charge in [0, 0.05) is 24.0 Å². The molecule has 2 aliphatic rings. The van der Waals surface area contributed by atoms with E-state index in [4.69, 9.17) is 21.1 Å². The molecule has 0 aromatic heterocycles. The third-order valence-electron chi connectivity index (χ3n) is 6.67. The third kappa shape index (κ3) is 6.23. The highest BCUT2D eigenvalue weighted by molar-refractivity contribution is 6.30. The summed E-state index contributed by atoms with van der Waals surface area (Å²) in [5.74, 6) is 1.34. The fourth-order valence-corrected chi connectivity index (χ4v) is 4.87. The molecule has 34 heavy (non-hydrogen) atoms. The lowest BCUT2D eigenvalue weighted by molar-refractivity contribution is -0.141. The molecule has 1 saturated carbocycles. The second-order valence-corrected chi connectivity index (χ2v) is 9.54. The second kappa shape index (κ2) is 11.6. The van der Waals surface area contributed by atoms with Crippen molar-refractivity contribution in [3.8, 4) is 11.5 Å². The van der Waals surface area contributed by atoms with E-state index in [1.165, 1.54) is 6.42 Å². The maximum absolute atomic E-state index is 13.5. The molecule has 1 aliphatic heterocycles. The zero-order chi connectivity index (χ0) is 23.9. The third-order valence-corrected chi connectivity index (χ3v) is 6.92. The zero-order valence-electron chi connectivity index (χ0n) is 19.7. The predicted octanol–water partition coefficient (Wildman–Crippen LogP) is 5.26. The molecule has 0 saturated heterocycles. The van der Waals surface area contributed by atoms with E-state index in [0.717, 1.165) is 42.6 Å². The Morgan fingerprint density at radius 2 is 1.74 bits per heavy atom. The van der Waals surface area contributed by atoms with Crippen LogP contribution in [0.3, 0.4) is 0 Å². The van der Waals surface area contributed by atoms with Gasteiger partial charge in [0.1, 0.15) is 6.04 Å². The minimum absolute atomic E-state index is 0.0433. The van der Waals surface area contributed by atoms with E-state index in [1.54, 1.807) is 4.90 Å². The van der Waals surface area contributed by atoms with Crippen LogP contribution in [-0.4, -0.2) is 35.6 Å². The number of hydrogen-bond donors (Lipinski definition) is 1. The molecule has 2 aromatic rings. The summed E-state index contributed by atoms with van der Waals surface area (Å²) in [6, 6.07) is 12.9. The number of halogens is 1. The molecule has 0 bridgehead atoms. The largest absolute Gasteiger partial charge is 0.454 e. The van der Waals surface area contributed by atoms with E-state index in [9.17, 15) is 9.59 Å². The average molecular weight is 485 g/mol. The molecule has 0 unspecified atom stereocenters. The first-order valence-corrected chi connectivity index (χ1v) is 12.6. The van der Waals surface area contributed by atoms with Gasteiger partial charge in [0.05, 0.1) is 0 Å². The first-order valence-electron chi connectivity index (χ1n) is 12.3. The summed E-state index contributed by atoms with van der Waals surface area (Å²) >= 11 is 6.05. The summed E-state index contributed by atoms with van der Waals surface area (Å²) in [7, 11) is 0. The lowest BCUT2D eigenvalue weighted by atomic mass is 9.95. The highest BCUT2D eigenvalue weighted by Crippen LogP contribution is 2.33. The van der Waals surface area contributed by atoms with Crippen LogP contribution in [0.15, 0.2) is 42.5 Å². The Morgan fingerprint density at radius 3 is 2.47 bits per heavy atom. The Bertz CT molecular complexity index is 989. The number of hydrogen-bond acceptors (Lipinski definition) is 4. The Labute approximate surface area is 206 Å². The minimum Gasteiger partial charge on any atom is -0.454 e. The lowest BCUT2D eigenvalue weighted by Crippen LogP contribution is -2.51. The van der Waals surface area contributed by atoms with Crippen molar-refractivity contribution < 1.29 is 19.1 Å². The fraction of sp³-hybridized carbons (Fsp3) is 0.481. The molecule has 6 nitrogen and oxygen atoms in total. The molecular weight excluding hydrogens is 452 g/mol. The highest BCUT2D eigenvalue weighted by Gasteiger charge is 2.30. The number of amides is 2. The highest BCUT2D eigenvalue weighted by atomic mass is 35.5. The minimum atomic E-state index is -0.512. The smallest absolute Gasteiger partial charge is 0.243 e. The van der Waals surface area contributed by atoms with E-state index < -0.39 is 6.04 Å². The Kier molecular flexibility index (Phi) is 8.33. The predicted molar refractivity (Wildman–Crippen MR) is 132 cm³/mol. The van der Waals surface area contributed by atoms with Crippen molar-refractivity contribution in [1.29, 1.82) is 0 Å². The van der Waals surface area contributed by atoms with Crippen LogP contribution in [-0.2, 0) is 22.6 Å². The standard InChI is InChI=1S/C27H33ClN2O4/c1-2-23(27(32)29-22-6-4-3-5-7-22)30(17-20-8-12-21(28)13-9-20)26(31)15-11-19-10-14-24-25(16-19)34-18-33-24/h8-10,12-14,16,22-23H,2-7,11,15,17-18H2,1H3,(H,29,32)/t23-/m0/s1. The monoisotopic (exact) mass is 484 g/mol. The van der Waals surface area contributed by atoms with E-state index in [1.807, 2.05) is 49.4 Å². The topological polar surface area (TPSA) is 67.9 Å². The van der Waals surface area contributed by atoms with Crippen LogP contribution >= 0.6 is 11.6 Å². The van der Waals surface area contributed by atoms with Crippen LogP contribution < -0.4 is 14.8 Å². The number of carbonyl (C=O) groups is 2. The van der Waals surface area contributed by atoms with Crippen LogP contribution in [0.4, 0.5) is 0 Å². The van der Waals surface area contributed by atoms with Gasteiger partial charge in [-0.25, -0.2) is 0 Å². The molecule has 0 spiro atoms. The van der Waals surface area contributed by atoms with Crippen molar-refractivity contribution in [2.75, 3.05) is 6.79 Å². The van der Waals surface area contributed by atoms with Crippen LogP contribution in [0.1, 0.15) is 63.0 Å². The number of aryl methyl sites for hydroxylation is 1. The number of ether oxygens (including phenoxy) is 2. The Hall–Kier alpha value is -2.73. The second-order valence-electron chi connectivity index (χ2n) is 9.10. The van der Waals surface area contributed by atoms with Gasteiger partial charge < -0.3 is 19.7 Å². The van der Waals surface area contributed by atoms with Gasteiger partial charge in [-0.2, -0.15) is 0 Å². The van der Waals surface area contributed by atoms with Crippen molar-refractivity contribution in [2.45, 2.75) is 76.9 Å². The molecular formula is C27H33ClN2O4. The SMILES string of the molecule is CC[C@@H](C(=O)NC1CCCCC1)N(Cc1ccc(Cl)cc1)C(=O)CCc1ccc2c(c1)OCO2. The fourth-order valence-electron chi connectivity index (χ4n) is 4.74. The number of benzene rings is 2. The number of nitrogens with zero attached hydrogens (tertiary/aromatic N) is 1. The van der Waals surface area contributed by atoms with Crippen molar-refractivity contribution >= 4 is 23.4 Å². The number of fused-ring (bicyclic) bond motifs is 1. The van der Waals surface area contributed by atoms with Crippen LogP contribution in [0.2, 0.25) is 5.02 Å². The van der Waals surface area contributed by atoms with Gasteiger partial charge in [-0.3, -0.25) is 9.59 Å². The van der Waals surface area contributed by atoms with Crippen LogP contribution in [0.25, 0.3) is 0 Å². The van der Waals surface area contributed by atoms with Crippen molar-refractivity contribution in [1.82, 2.24) is 10.2 Å². The van der Waals surface area contributed by atoms with E-state index in [0.29, 0.717) is 36.6 Å². The molecule has 1 heterocycles. The summed E-state index contributed by atoms with van der Waals surface area (Å²) in [5.41, 5.74) is 1.95. The maximum atomic E-state index is 13.5. The molecule has 1 N–H and O–H groups in total. The van der Waals surface area contributed by atoms with Crippen molar-refractivity contribution in [3.05, 3.63) is 58.6 Å². The molecule has 0 radical (unpaired) electrons. The summed E-state index contributed by atoms with van der Waals surface area (Å²) in [4.78, 5) is 28.5. The van der Waals surface area contributed by atoms with E-state index in [-0.39, 0.29) is 24.6 Å². The molecule has 2 aromatic carbocycles. The zero-order valence-corrected chi connectivity index (χ0v) is 20.5. The Morgan fingerprint density at radius 1 is 1.03 bits per heavy atom. The van der Waals surface area contributed by atoms with Gasteiger partial charge in [0.25, 0.3) is 0 Å². The number of carbonyl (C=O) groups excluding carboxylic acids is 2. The summed E-state index contributed by atoms with van der Waals surface area (Å²) in [6.45, 7) is 2.56. The van der Waals surface area contributed by atoms with Gasteiger partial charge >= 0.3 is 0 Å². The molecule has 182 valence electrons. The summed E-state index contributed by atoms with van der Waals surface area (Å²) < 4.78 is 10.8. The molecule has 2 amide bonds. The molecule has 7 heteroatoms. The van der Waals surface area contributed by atoms with E-state index in [2.05, 4.69) is 5.32 Å². The van der Waals surface area contributed by atoms with Crippen LogP contribution in [0.5, 0.6) is 11.5 Å². The lowest BCUT2D eigenvalue weighted by Gasteiger charge is -2.33. The Balaban J connectivity index is 1.47. The quantitative estimate of drug-likeness (QED) is 0.527. The van der Waals surface area contributed by atoms with Crippen molar-refractivity contribution in [3.63, 3.8) is 0 Å². The molecule has 4 rings (SSSR count). The molecule has 1 fully saturated rings. The van der Waals surface area contributed by atoms with Gasteiger partial charge in [-0.1, -0.05) is 56.0 Å². The van der Waals surface area contributed by atoms with E-state index >= 15 is 0 Å². The van der Waals surface area contributed by atoms with Gasteiger partial charge in [0.15, 0.2) is 11.5 Å². The number of rotatable bonds is 9.